The van der Waals surface area contributed by atoms with E-state index in [1.807, 2.05) is 6.92 Å². The maximum atomic E-state index is 14.9. The molecular formula is C25H23ClFN9O4. The Balaban J connectivity index is 1.54. The highest BCUT2D eigenvalue weighted by molar-refractivity contribution is 6.31. The van der Waals surface area contributed by atoms with Crippen molar-refractivity contribution >= 4 is 41.3 Å². The van der Waals surface area contributed by atoms with Gasteiger partial charge in [-0.1, -0.05) is 11.6 Å². The number of tetrazole rings is 1. The number of esters is 1. The molecule has 0 radical (unpaired) electrons. The highest BCUT2D eigenvalue weighted by atomic mass is 35.5. The molecule has 0 aliphatic rings. The number of nitrogens with one attached hydrogen (secondary N) is 2. The maximum absolute atomic E-state index is 14.9. The lowest BCUT2D eigenvalue weighted by Gasteiger charge is -2.17. The summed E-state index contributed by atoms with van der Waals surface area (Å²) in [6, 6.07) is 6.36. The zero-order valence-electron chi connectivity index (χ0n) is 21.3. The van der Waals surface area contributed by atoms with Gasteiger partial charge in [0.25, 0.3) is 0 Å². The highest BCUT2D eigenvalue weighted by Crippen LogP contribution is 2.25. The van der Waals surface area contributed by atoms with Gasteiger partial charge in [-0.25, -0.2) is 14.2 Å². The van der Waals surface area contributed by atoms with Crippen molar-refractivity contribution in [2.75, 3.05) is 12.4 Å². The van der Waals surface area contributed by atoms with Crippen LogP contribution in [0.4, 0.5) is 10.2 Å². The van der Waals surface area contributed by atoms with Gasteiger partial charge in [-0.15, -0.1) is 5.10 Å². The van der Waals surface area contributed by atoms with Crippen LogP contribution in [0.25, 0.3) is 11.8 Å². The Morgan fingerprint density at radius 3 is 2.67 bits per heavy atom. The molecule has 15 heteroatoms. The summed E-state index contributed by atoms with van der Waals surface area (Å²) in [4.78, 5) is 41.8. The van der Waals surface area contributed by atoms with Crippen LogP contribution in [0.15, 0.2) is 55.1 Å². The second-order valence-electron chi connectivity index (χ2n) is 8.22. The summed E-state index contributed by atoms with van der Waals surface area (Å²) in [6.45, 7) is 2.53. The number of methoxy groups -OCH3 is 1. The second-order valence-corrected chi connectivity index (χ2v) is 8.63. The van der Waals surface area contributed by atoms with Gasteiger partial charge in [-0.3, -0.25) is 14.3 Å². The van der Waals surface area contributed by atoms with Crippen LogP contribution in [0.3, 0.4) is 0 Å². The number of rotatable bonds is 10. The van der Waals surface area contributed by atoms with Crippen LogP contribution in [-0.4, -0.2) is 65.9 Å². The molecule has 2 N–H and O–H groups in total. The van der Waals surface area contributed by atoms with Gasteiger partial charge in [0.05, 0.1) is 29.1 Å². The van der Waals surface area contributed by atoms with Crippen molar-refractivity contribution in [1.29, 1.82) is 0 Å². The quantitative estimate of drug-likeness (QED) is 0.216. The molecule has 0 spiro atoms. The minimum atomic E-state index is -1.08. The van der Waals surface area contributed by atoms with Gasteiger partial charge >= 0.3 is 5.97 Å². The summed E-state index contributed by atoms with van der Waals surface area (Å²) >= 11 is 5.94. The molecule has 4 rings (SSSR count). The molecular weight excluding hydrogens is 545 g/mol. The van der Waals surface area contributed by atoms with Crippen LogP contribution < -0.4 is 10.6 Å². The zero-order chi connectivity index (χ0) is 28.6. The fourth-order valence-corrected chi connectivity index (χ4v) is 3.76. The molecule has 2 amide bonds. The van der Waals surface area contributed by atoms with E-state index < -0.39 is 29.6 Å². The number of ether oxygens (including phenoxy) is 1. The number of amides is 2. The Labute approximate surface area is 232 Å². The first-order chi connectivity index (χ1) is 19.3. The third-order valence-corrected chi connectivity index (χ3v) is 5.90. The second kappa shape index (κ2) is 12.7. The van der Waals surface area contributed by atoms with Crippen LogP contribution >= 0.6 is 11.6 Å². The maximum Gasteiger partial charge on any atom is 0.339 e. The molecule has 0 aliphatic carbocycles. The predicted molar refractivity (Wildman–Crippen MR) is 141 cm³/mol. The summed E-state index contributed by atoms with van der Waals surface area (Å²) in [5.74, 6) is -2.48. The average molecular weight is 568 g/mol. The van der Waals surface area contributed by atoms with E-state index in [4.69, 9.17) is 11.6 Å². The Bertz CT molecular complexity index is 1540. The van der Waals surface area contributed by atoms with Crippen LogP contribution in [0.1, 0.15) is 28.5 Å². The first kappa shape index (κ1) is 28.0. The van der Waals surface area contributed by atoms with Gasteiger partial charge in [0.15, 0.2) is 5.82 Å². The predicted octanol–water partition coefficient (Wildman–Crippen LogP) is 2.23. The molecule has 0 fully saturated rings. The van der Waals surface area contributed by atoms with E-state index in [1.54, 1.807) is 16.9 Å². The van der Waals surface area contributed by atoms with Crippen molar-refractivity contribution in [3.05, 3.63) is 82.8 Å². The molecule has 0 saturated heterocycles. The zero-order valence-corrected chi connectivity index (χ0v) is 22.0. The summed E-state index contributed by atoms with van der Waals surface area (Å²) < 4.78 is 22.4. The number of carbonyl (C=O) groups is 3. The first-order valence-corrected chi connectivity index (χ1v) is 12.2. The Morgan fingerprint density at radius 1 is 1.20 bits per heavy atom. The largest absolute Gasteiger partial charge is 0.465 e. The third-order valence-electron chi connectivity index (χ3n) is 5.61. The van der Waals surface area contributed by atoms with Crippen LogP contribution in [0.2, 0.25) is 5.02 Å². The Hall–Kier alpha value is -4.98. The van der Waals surface area contributed by atoms with Crippen molar-refractivity contribution in [3.8, 4) is 5.69 Å². The minimum absolute atomic E-state index is 0.0347. The van der Waals surface area contributed by atoms with Gasteiger partial charge in [0.2, 0.25) is 11.8 Å². The molecule has 3 aromatic heterocycles. The number of carbonyl (C=O) groups excluding carboxylic acids is 3. The summed E-state index contributed by atoms with van der Waals surface area (Å²) in [7, 11) is 1.24. The summed E-state index contributed by atoms with van der Waals surface area (Å²) in [5.41, 5.74) is 0.973. The molecule has 0 saturated carbocycles. The molecule has 4 aromatic rings. The Kier molecular flexibility index (Phi) is 8.91. The lowest BCUT2D eigenvalue weighted by molar-refractivity contribution is -0.123. The number of nitrogens with zero attached hydrogens (tertiary/aromatic N) is 7. The number of anilines is 1. The van der Waals surface area contributed by atoms with Gasteiger partial charge in [-0.05, 0) is 53.8 Å². The van der Waals surface area contributed by atoms with Crippen molar-refractivity contribution in [3.63, 3.8) is 0 Å². The van der Waals surface area contributed by atoms with Crippen LogP contribution in [0, 0.1) is 5.82 Å². The molecule has 0 bridgehead atoms. The highest BCUT2D eigenvalue weighted by Gasteiger charge is 2.23. The minimum Gasteiger partial charge on any atom is -0.465 e. The molecule has 3 heterocycles. The molecule has 1 unspecified atom stereocenters. The van der Waals surface area contributed by atoms with E-state index in [2.05, 4.69) is 41.0 Å². The summed E-state index contributed by atoms with van der Waals surface area (Å²) in [6.07, 6.45) is 6.60. The van der Waals surface area contributed by atoms with E-state index in [1.165, 1.54) is 54.7 Å². The topological polar surface area (TPSA) is 159 Å². The first-order valence-electron chi connectivity index (χ1n) is 11.9. The van der Waals surface area contributed by atoms with Crippen molar-refractivity contribution in [1.82, 2.24) is 40.3 Å². The lowest BCUT2D eigenvalue weighted by Crippen LogP contribution is -2.45. The van der Waals surface area contributed by atoms with Crippen molar-refractivity contribution in [2.24, 2.45) is 0 Å². The van der Waals surface area contributed by atoms with Crippen LogP contribution in [0.5, 0.6) is 0 Å². The van der Waals surface area contributed by atoms with Crippen molar-refractivity contribution < 1.29 is 23.5 Å². The molecule has 1 aromatic carbocycles. The monoisotopic (exact) mass is 567 g/mol. The number of pyridine rings is 1. The van der Waals surface area contributed by atoms with Gasteiger partial charge in [0, 0.05) is 37.0 Å². The van der Waals surface area contributed by atoms with Gasteiger partial charge < -0.3 is 15.4 Å². The molecule has 0 aliphatic heterocycles. The third kappa shape index (κ3) is 6.71. The van der Waals surface area contributed by atoms with E-state index in [-0.39, 0.29) is 34.1 Å². The number of benzene rings is 1. The number of hydrogen-bond donors (Lipinski definition) is 2. The fraction of sp³-hybridized carbons (Fsp3) is 0.200. The van der Waals surface area contributed by atoms with Crippen molar-refractivity contribution in [2.45, 2.75) is 25.9 Å². The van der Waals surface area contributed by atoms with E-state index >= 15 is 0 Å². The SMILES string of the molecule is CCn1ccc(CC(NC(=O)C=Cc2c(-n3cnnn3)ccc(Cl)c2F)C(=O)Nc2ccc(C(=O)OC)cn2)n1. The standard InChI is InChI=1S/C25H23ClFN9O4/c1-3-35-11-10-16(32-35)12-19(24(38)31-21-8-4-15(13-28-21)25(39)40-2)30-22(37)9-5-17-20(36-14-29-33-34-36)7-6-18(26)23(17)27/h4-11,13-14,19H,3,12H2,1-2H3,(H,30,37)(H,28,31,38). The van der Waals surface area contributed by atoms with Crippen LogP contribution in [-0.2, 0) is 27.3 Å². The van der Waals surface area contributed by atoms with E-state index in [0.717, 1.165) is 6.08 Å². The fourth-order valence-electron chi connectivity index (χ4n) is 3.59. The van der Waals surface area contributed by atoms with E-state index in [9.17, 15) is 18.8 Å². The number of hydrogen-bond acceptors (Lipinski definition) is 9. The van der Waals surface area contributed by atoms with E-state index in [0.29, 0.717) is 12.2 Å². The smallest absolute Gasteiger partial charge is 0.339 e. The Morgan fingerprint density at radius 2 is 2.02 bits per heavy atom. The normalized spacial score (nSPS) is 11.8. The number of halogens is 2. The van der Waals surface area contributed by atoms with Gasteiger partial charge in [0.1, 0.15) is 18.2 Å². The molecule has 13 nitrogen and oxygen atoms in total. The number of aryl methyl sites for hydroxylation is 1. The molecule has 40 heavy (non-hydrogen) atoms. The average Bonchev–Trinajstić information content (AvgIpc) is 3.66. The van der Waals surface area contributed by atoms with Gasteiger partial charge in [-0.2, -0.15) is 9.78 Å². The number of aromatic nitrogens is 7. The lowest BCUT2D eigenvalue weighted by atomic mass is 10.1. The molecule has 1 atom stereocenters. The summed E-state index contributed by atoms with van der Waals surface area (Å²) in [5, 5.41) is 20.3. The molecule has 206 valence electrons.